The zero-order valence-corrected chi connectivity index (χ0v) is 18.4. The number of carboxylic acid groups (broad SMARTS) is 2. The maximum absolute atomic E-state index is 12.8. The molecule has 9 heteroatoms. The number of aromatic nitrogens is 1. The third-order valence-corrected chi connectivity index (χ3v) is 6.04. The van der Waals surface area contributed by atoms with Crippen molar-refractivity contribution in [2.75, 3.05) is 6.54 Å². The number of rotatable bonds is 8. The van der Waals surface area contributed by atoms with Gasteiger partial charge in [0.25, 0.3) is 5.91 Å². The molecule has 0 fully saturated rings. The van der Waals surface area contributed by atoms with Crippen molar-refractivity contribution >= 4 is 34.7 Å². The van der Waals surface area contributed by atoms with Crippen LogP contribution in [0.4, 0.5) is 0 Å². The largest absolute Gasteiger partial charge is 0.481 e. The first kappa shape index (κ1) is 23.0. The lowest BCUT2D eigenvalue weighted by atomic mass is 10.0. The summed E-state index contributed by atoms with van der Waals surface area (Å²) in [6, 6.07) is 13.4. The van der Waals surface area contributed by atoms with E-state index in [4.69, 9.17) is 5.11 Å². The summed E-state index contributed by atoms with van der Waals surface area (Å²) in [4.78, 5) is 52.7. The number of carbonyl (C=O) groups is 4. The van der Waals surface area contributed by atoms with E-state index in [9.17, 15) is 24.3 Å². The molecular formula is C25H25N3O6. The van der Waals surface area contributed by atoms with Gasteiger partial charge in [-0.05, 0) is 42.2 Å². The maximum Gasteiger partial charge on any atom is 0.326 e. The monoisotopic (exact) mass is 463 g/mol. The first-order chi connectivity index (χ1) is 16.3. The molecule has 9 nitrogen and oxygen atoms in total. The molecule has 1 aromatic heterocycles. The molecule has 0 bridgehead atoms. The van der Waals surface area contributed by atoms with Gasteiger partial charge >= 0.3 is 11.9 Å². The van der Waals surface area contributed by atoms with Gasteiger partial charge in [0.05, 0.1) is 13.0 Å². The summed E-state index contributed by atoms with van der Waals surface area (Å²) in [5.41, 5.74) is 4.05. The fraction of sp³-hybridized carbons (Fsp3) is 0.280. The highest BCUT2D eigenvalue weighted by molar-refractivity contribution is 6.00. The SMILES string of the molecule is O=C(O)CCC(NC(=O)c1ccc2[nH]c3c(c2c1)CCN(C(=O)Cc1ccccc1)C3)C(=O)O. The second-order valence-corrected chi connectivity index (χ2v) is 8.37. The van der Waals surface area contributed by atoms with Crippen LogP contribution in [0.2, 0.25) is 0 Å². The number of nitrogens with one attached hydrogen (secondary N) is 2. The van der Waals surface area contributed by atoms with Crippen LogP contribution in [0.15, 0.2) is 48.5 Å². The molecule has 2 amide bonds. The van der Waals surface area contributed by atoms with Crippen LogP contribution in [0.5, 0.6) is 0 Å². The molecule has 0 saturated heterocycles. The molecule has 0 saturated carbocycles. The molecule has 1 atom stereocenters. The molecule has 4 rings (SSSR count). The zero-order valence-electron chi connectivity index (χ0n) is 18.4. The lowest BCUT2D eigenvalue weighted by molar-refractivity contribution is -0.140. The molecule has 4 N–H and O–H groups in total. The second-order valence-electron chi connectivity index (χ2n) is 8.37. The van der Waals surface area contributed by atoms with Gasteiger partial charge in [-0.1, -0.05) is 30.3 Å². The van der Waals surface area contributed by atoms with Gasteiger partial charge in [-0.25, -0.2) is 4.79 Å². The molecule has 2 heterocycles. The van der Waals surface area contributed by atoms with Gasteiger partial charge in [0, 0.05) is 35.1 Å². The number of hydrogen-bond acceptors (Lipinski definition) is 4. The number of aromatic amines is 1. The van der Waals surface area contributed by atoms with Crippen molar-refractivity contribution in [2.45, 2.75) is 38.3 Å². The third-order valence-electron chi connectivity index (χ3n) is 6.04. The zero-order chi connectivity index (χ0) is 24.2. The van der Waals surface area contributed by atoms with Gasteiger partial charge in [-0.15, -0.1) is 0 Å². The molecule has 2 aromatic carbocycles. The van der Waals surface area contributed by atoms with Crippen LogP contribution < -0.4 is 5.32 Å². The van der Waals surface area contributed by atoms with Crippen molar-refractivity contribution in [1.82, 2.24) is 15.2 Å². The number of hydrogen-bond donors (Lipinski definition) is 4. The fourth-order valence-corrected chi connectivity index (χ4v) is 4.24. The van der Waals surface area contributed by atoms with Crippen LogP contribution in [0, 0.1) is 0 Å². The Bertz CT molecular complexity index is 1250. The molecule has 1 aliphatic rings. The summed E-state index contributed by atoms with van der Waals surface area (Å²) in [6.07, 6.45) is 0.413. The predicted octanol–water partition coefficient (Wildman–Crippen LogP) is 2.34. The van der Waals surface area contributed by atoms with E-state index in [0.717, 1.165) is 27.7 Å². The average Bonchev–Trinajstić information content (AvgIpc) is 3.19. The van der Waals surface area contributed by atoms with Crippen LogP contribution >= 0.6 is 0 Å². The van der Waals surface area contributed by atoms with E-state index < -0.39 is 23.9 Å². The topological polar surface area (TPSA) is 140 Å². The highest BCUT2D eigenvalue weighted by Crippen LogP contribution is 2.29. The van der Waals surface area contributed by atoms with Crippen molar-refractivity contribution in [3.63, 3.8) is 0 Å². The Morgan fingerprint density at radius 2 is 1.82 bits per heavy atom. The van der Waals surface area contributed by atoms with Gasteiger partial charge in [-0.2, -0.15) is 0 Å². The fourth-order valence-electron chi connectivity index (χ4n) is 4.24. The summed E-state index contributed by atoms with van der Waals surface area (Å²) in [5, 5.41) is 21.4. The van der Waals surface area contributed by atoms with Gasteiger partial charge in [0.1, 0.15) is 6.04 Å². The normalized spacial score (nSPS) is 13.8. The molecule has 0 spiro atoms. The van der Waals surface area contributed by atoms with Crippen molar-refractivity contribution in [1.29, 1.82) is 0 Å². The minimum atomic E-state index is -1.29. The second kappa shape index (κ2) is 9.78. The van der Waals surface area contributed by atoms with Crippen molar-refractivity contribution < 1.29 is 29.4 Å². The van der Waals surface area contributed by atoms with Crippen LogP contribution in [0.25, 0.3) is 10.9 Å². The van der Waals surface area contributed by atoms with Gasteiger partial charge in [0.15, 0.2) is 0 Å². The number of carboxylic acids is 2. The smallest absolute Gasteiger partial charge is 0.326 e. The summed E-state index contributed by atoms with van der Waals surface area (Å²) >= 11 is 0. The molecular weight excluding hydrogens is 438 g/mol. The number of nitrogens with zero attached hydrogens (tertiary/aromatic N) is 1. The Morgan fingerprint density at radius 1 is 1.06 bits per heavy atom. The first-order valence-electron chi connectivity index (χ1n) is 11.0. The minimum absolute atomic E-state index is 0.0525. The Kier molecular flexibility index (Phi) is 6.62. The standard InChI is InChI=1S/C25H25N3O6/c29-22(12-15-4-2-1-3-5-15)28-11-10-17-18-13-16(6-7-19(18)26-21(17)14-28)24(32)27-20(25(33)34)8-9-23(30)31/h1-7,13,20,26H,8-12,14H2,(H,27,32)(H,30,31)(H,33,34). The van der Waals surface area contributed by atoms with E-state index in [0.29, 0.717) is 31.5 Å². The summed E-state index contributed by atoms with van der Waals surface area (Å²) in [5.74, 6) is -2.94. The molecule has 3 aromatic rings. The highest BCUT2D eigenvalue weighted by Gasteiger charge is 2.25. The Hall–Kier alpha value is -4.14. The molecule has 1 unspecified atom stereocenters. The number of benzene rings is 2. The lowest BCUT2D eigenvalue weighted by Gasteiger charge is -2.27. The summed E-state index contributed by atoms with van der Waals surface area (Å²) < 4.78 is 0. The van der Waals surface area contributed by atoms with Crippen LogP contribution in [0.3, 0.4) is 0 Å². The Morgan fingerprint density at radius 3 is 2.53 bits per heavy atom. The lowest BCUT2D eigenvalue weighted by Crippen LogP contribution is -2.41. The third kappa shape index (κ3) is 5.09. The first-order valence-corrected chi connectivity index (χ1v) is 11.0. The number of H-pyrrole nitrogens is 1. The van der Waals surface area contributed by atoms with Crippen molar-refractivity contribution in [2.24, 2.45) is 0 Å². The van der Waals surface area contributed by atoms with Gasteiger partial charge in [0.2, 0.25) is 5.91 Å². The quantitative estimate of drug-likeness (QED) is 0.404. The number of carbonyl (C=O) groups excluding carboxylic acids is 2. The molecule has 34 heavy (non-hydrogen) atoms. The van der Waals surface area contributed by atoms with Gasteiger partial charge in [-0.3, -0.25) is 14.4 Å². The van der Waals surface area contributed by atoms with E-state index in [2.05, 4.69) is 10.3 Å². The molecule has 0 radical (unpaired) electrons. The Balaban J connectivity index is 1.48. The number of amides is 2. The number of fused-ring (bicyclic) bond motifs is 3. The maximum atomic E-state index is 12.8. The Labute approximate surface area is 195 Å². The van der Waals surface area contributed by atoms with Crippen molar-refractivity contribution in [3.8, 4) is 0 Å². The highest BCUT2D eigenvalue weighted by atomic mass is 16.4. The van der Waals surface area contributed by atoms with E-state index in [1.807, 2.05) is 35.2 Å². The predicted molar refractivity (Wildman–Crippen MR) is 123 cm³/mol. The minimum Gasteiger partial charge on any atom is -0.481 e. The van der Waals surface area contributed by atoms with E-state index in [1.54, 1.807) is 18.2 Å². The van der Waals surface area contributed by atoms with Crippen LogP contribution in [-0.4, -0.2) is 56.4 Å². The van der Waals surface area contributed by atoms with E-state index in [-0.39, 0.29) is 18.7 Å². The van der Waals surface area contributed by atoms with Crippen LogP contribution in [-0.2, 0) is 33.8 Å². The summed E-state index contributed by atoms with van der Waals surface area (Å²) in [6.45, 7) is 1.02. The van der Waals surface area contributed by atoms with E-state index >= 15 is 0 Å². The van der Waals surface area contributed by atoms with Gasteiger partial charge < -0.3 is 25.4 Å². The molecule has 0 aliphatic carbocycles. The van der Waals surface area contributed by atoms with E-state index in [1.165, 1.54) is 0 Å². The average molecular weight is 463 g/mol. The number of aliphatic carboxylic acids is 2. The summed E-state index contributed by atoms with van der Waals surface area (Å²) in [7, 11) is 0. The van der Waals surface area contributed by atoms with Crippen molar-refractivity contribution in [3.05, 3.63) is 70.9 Å². The molecule has 176 valence electrons. The van der Waals surface area contributed by atoms with Crippen LogP contribution in [0.1, 0.15) is 40.0 Å². The molecule has 1 aliphatic heterocycles.